The number of nitrogens with zero attached hydrogens (tertiary/aromatic N) is 1. The van der Waals surface area contributed by atoms with Crippen LogP contribution >= 0.6 is 0 Å². The first kappa shape index (κ1) is 9.57. The first-order valence-electron chi connectivity index (χ1n) is 4.62. The largest absolute Gasteiger partial charge is 0.330 e. The second-order valence-electron chi connectivity index (χ2n) is 3.71. The van der Waals surface area contributed by atoms with Crippen molar-refractivity contribution in [3.63, 3.8) is 0 Å². The van der Waals surface area contributed by atoms with E-state index in [2.05, 4.69) is 17.7 Å². The van der Waals surface area contributed by atoms with Gasteiger partial charge in [-0.1, -0.05) is 12.8 Å². The Balaban J connectivity index is 2.32. The molecular weight excluding hydrogens is 148 g/mol. The molecule has 0 aromatic carbocycles. The van der Waals surface area contributed by atoms with Crippen molar-refractivity contribution < 1.29 is 0 Å². The van der Waals surface area contributed by atoms with Crippen LogP contribution in [0.5, 0.6) is 0 Å². The first-order chi connectivity index (χ1) is 5.76. The second-order valence-corrected chi connectivity index (χ2v) is 3.71. The Morgan fingerprint density at radius 1 is 1.58 bits per heavy atom. The number of hydrogen-bond acceptors (Lipinski definition) is 2. The molecule has 2 heteroatoms. The van der Waals surface area contributed by atoms with Crippen LogP contribution in [0.15, 0.2) is 0 Å². The van der Waals surface area contributed by atoms with Gasteiger partial charge < -0.3 is 5.73 Å². The van der Waals surface area contributed by atoms with Gasteiger partial charge in [-0.25, -0.2) is 0 Å². The van der Waals surface area contributed by atoms with Crippen LogP contribution in [0.2, 0.25) is 0 Å². The fourth-order valence-electron chi connectivity index (χ4n) is 1.49. The van der Waals surface area contributed by atoms with Crippen molar-refractivity contribution in [2.24, 2.45) is 11.1 Å². The minimum absolute atomic E-state index is 0.423. The molecule has 68 valence electrons. The molecule has 1 aliphatic rings. The lowest BCUT2D eigenvalue weighted by Crippen LogP contribution is -2.34. The van der Waals surface area contributed by atoms with E-state index in [1.54, 1.807) is 0 Å². The van der Waals surface area contributed by atoms with Crippen LogP contribution in [0.4, 0.5) is 0 Å². The highest BCUT2D eigenvalue weighted by molar-refractivity contribution is 4.98. The predicted octanol–water partition coefficient (Wildman–Crippen LogP) is 0.680. The van der Waals surface area contributed by atoms with E-state index in [0.29, 0.717) is 5.41 Å². The lowest BCUT2D eigenvalue weighted by atomic mass is 10.1. The van der Waals surface area contributed by atoms with E-state index in [4.69, 9.17) is 12.2 Å². The third kappa shape index (κ3) is 2.23. The molecular formula is C10H18N2. The van der Waals surface area contributed by atoms with Gasteiger partial charge in [-0.15, -0.1) is 6.42 Å². The first-order valence-corrected chi connectivity index (χ1v) is 4.62. The van der Waals surface area contributed by atoms with Gasteiger partial charge in [-0.3, -0.25) is 4.90 Å². The summed E-state index contributed by atoms with van der Waals surface area (Å²) >= 11 is 0. The molecule has 0 bridgehead atoms. The SMILES string of the molecule is C#CCN(CC)CC1(CN)CC1. The average molecular weight is 166 g/mol. The third-order valence-corrected chi connectivity index (χ3v) is 2.71. The Morgan fingerprint density at radius 2 is 2.25 bits per heavy atom. The molecule has 1 aliphatic carbocycles. The van der Waals surface area contributed by atoms with E-state index in [0.717, 1.165) is 26.2 Å². The van der Waals surface area contributed by atoms with Crippen molar-refractivity contribution in [1.29, 1.82) is 0 Å². The molecule has 0 radical (unpaired) electrons. The number of terminal acetylenes is 1. The summed E-state index contributed by atoms with van der Waals surface area (Å²) in [6, 6.07) is 0. The van der Waals surface area contributed by atoms with Crippen molar-refractivity contribution >= 4 is 0 Å². The Kier molecular flexibility index (Phi) is 3.13. The highest BCUT2D eigenvalue weighted by Gasteiger charge is 2.41. The number of nitrogens with two attached hydrogens (primary N) is 1. The van der Waals surface area contributed by atoms with Gasteiger partial charge in [0.15, 0.2) is 0 Å². The van der Waals surface area contributed by atoms with Crippen molar-refractivity contribution in [3.05, 3.63) is 0 Å². The summed E-state index contributed by atoms with van der Waals surface area (Å²) < 4.78 is 0. The summed E-state index contributed by atoms with van der Waals surface area (Å²) in [6.45, 7) is 5.84. The van der Waals surface area contributed by atoms with E-state index in [1.807, 2.05) is 0 Å². The second kappa shape index (κ2) is 3.93. The Hall–Kier alpha value is -0.520. The van der Waals surface area contributed by atoms with Crippen molar-refractivity contribution in [2.45, 2.75) is 19.8 Å². The van der Waals surface area contributed by atoms with Gasteiger partial charge in [0.25, 0.3) is 0 Å². The van der Waals surface area contributed by atoms with Crippen LogP contribution in [-0.4, -0.2) is 31.1 Å². The summed E-state index contributed by atoms with van der Waals surface area (Å²) in [5.41, 5.74) is 6.11. The summed E-state index contributed by atoms with van der Waals surface area (Å²) in [4.78, 5) is 2.29. The van der Waals surface area contributed by atoms with Crippen LogP contribution in [0.3, 0.4) is 0 Å². The molecule has 0 saturated heterocycles. The Morgan fingerprint density at radius 3 is 2.58 bits per heavy atom. The molecule has 1 rings (SSSR count). The topological polar surface area (TPSA) is 29.3 Å². The summed E-state index contributed by atoms with van der Waals surface area (Å²) in [6.07, 6.45) is 7.83. The molecule has 0 aromatic rings. The third-order valence-electron chi connectivity index (χ3n) is 2.71. The molecule has 2 nitrogen and oxygen atoms in total. The maximum Gasteiger partial charge on any atom is 0.0599 e. The fraction of sp³-hybridized carbons (Fsp3) is 0.800. The smallest absolute Gasteiger partial charge is 0.0599 e. The van der Waals surface area contributed by atoms with E-state index in [-0.39, 0.29) is 0 Å². The average Bonchev–Trinajstić information content (AvgIpc) is 2.85. The minimum Gasteiger partial charge on any atom is -0.330 e. The van der Waals surface area contributed by atoms with Crippen LogP contribution in [-0.2, 0) is 0 Å². The van der Waals surface area contributed by atoms with Crippen LogP contribution in [0.1, 0.15) is 19.8 Å². The number of hydrogen-bond donors (Lipinski definition) is 1. The lowest BCUT2D eigenvalue weighted by molar-refractivity contribution is 0.257. The van der Waals surface area contributed by atoms with Gasteiger partial charge in [0.05, 0.1) is 6.54 Å². The molecule has 2 N–H and O–H groups in total. The highest BCUT2D eigenvalue weighted by atomic mass is 15.1. The molecule has 0 heterocycles. The highest BCUT2D eigenvalue weighted by Crippen LogP contribution is 2.44. The Bertz CT molecular complexity index is 177. The fourth-order valence-corrected chi connectivity index (χ4v) is 1.49. The van der Waals surface area contributed by atoms with Crippen molar-refractivity contribution in [3.8, 4) is 12.3 Å². The molecule has 0 amide bonds. The van der Waals surface area contributed by atoms with E-state index < -0.39 is 0 Å². The van der Waals surface area contributed by atoms with Gasteiger partial charge in [0.1, 0.15) is 0 Å². The van der Waals surface area contributed by atoms with Crippen LogP contribution in [0.25, 0.3) is 0 Å². The normalized spacial score (nSPS) is 19.2. The van der Waals surface area contributed by atoms with Crippen molar-refractivity contribution in [2.75, 3.05) is 26.2 Å². The van der Waals surface area contributed by atoms with E-state index in [1.165, 1.54) is 12.8 Å². The van der Waals surface area contributed by atoms with Crippen molar-refractivity contribution in [1.82, 2.24) is 4.90 Å². The minimum atomic E-state index is 0.423. The maximum atomic E-state index is 5.69. The maximum absolute atomic E-state index is 5.69. The molecule has 0 aliphatic heterocycles. The molecule has 0 spiro atoms. The van der Waals surface area contributed by atoms with Crippen LogP contribution < -0.4 is 5.73 Å². The zero-order valence-corrected chi connectivity index (χ0v) is 7.84. The molecule has 12 heavy (non-hydrogen) atoms. The predicted molar refractivity (Wildman–Crippen MR) is 51.7 cm³/mol. The summed E-state index contributed by atoms with van der Waals surface area (Å²) in [5, 5.41) is 0. The van der Waals surface area contributed by atoms with E-state index in [9.17, 15) is 0 Å². The van der Waals surface area contributed by atoms with Gasteiger partial charge in [0.2, 0.25) is 0 Å². The molecule has 0 atom stereocenters. The van der Waals surface area contributed by atoms with Gasteiger partial charge in [-0.2, -0.15) is 0 Å². The zero-order chi connectivity index (χ0) is 9.03. The molecule has 0 unspecified atom stereocenters. The number of rotatable bonds is 5. The monoisotopic (exact) mass is 166 g/mol. The van der Waals surface area contributed by atoms with Gasteiger partial charge >= 0.3 is 0 Å². The standard InChI is InChI=1S/C10H18N2/c1-3-7-12(4-2)9-10(8-11)5-6-10/h1H,4-9,11H2,2H3. The molecule has 0 aromatic heterocycles. The van der Waals surface area contributed by atoms with Gasteiger partial charge in [0, 0.05) is 6.54 Å². The Labute approximate surface area is 75.1 Å². The lowest BCUT2D eigenvalue weighted by Gasteiger charge is -2.23. The summed E-state index contributed by atoms with van der Waals surface area (Å²) in [5.74, 6) is 2.68. The molecule has 1 fully saturated rings. The quantitative estimate of drug-likeness (QED) is 0.609. The van der Waals surface area contributed by atoms with Gasteiger partial charge in [-0.05, 0) is 31.3 Å². The van der Waals surface area contributed by atoms with E-state index >= 15 is 0 Å². The summed E-state index contributed by atoms with van der Waals surface area (Å²) in [7, 11) is 0. The van der Waals surface area contributed by atoms with Crippen LogP contribution in [0, 0.1) is 17.8 Å². The zero-order valence-electron chi connectivity index (χ0n) is 7.84. The molecule has 1 saturated carbocycles.